The molecule has 0 aliphatic carbocycles. The first-order valence-corrected chi connectivity index (χ1v) is 9.49. The molecule has 1 aliphatic rings. The first kappa shape index (κ1) is 19.3. The van der Waals surface area contributed by atoms with Crippen LogP contribution in [0.4, 0.5) is 10.3 Å². The van der Waals surface area contributed by atoms with Crippen molar-refractivity contribution < 1.29 is 9.18 Å². The second-order valence-corrected chi connectivity index (χ2v) is 7.57. The number of anilines is 1. The van der Waals surface area contributed by atoms with Gasteiger partial charge in [0.2, 0.25) is 11.9 Å². The largest absolute Gasteiger partial charge is 0.347 e. The number of piperidine rings is 1. The molecular formula is C21H27FN4O. The summed E-state index contributed by atoms with van der Waals surface area (Å²) in [5.41, 5.74) is 2.56. The Kier molecular flexibility index (Phi) is 5.73. The summed E-state index contributed by atoms with van der Waals surface area (Å²) in [7, 11) is 3.79. The number of amides is 1. The number of benzene rings is 1. The molecule has 1 aromatic carbocycles. The molecule has 0 N–H and O–H groups in total. The lowest BCUT2D eigenvalue weighted by Crippen LogP contribution is -2.41. The predicted molar refractivity (Wildman–Crippen MR) is 105 cm³/mol. The number of likely N-dealkylation sites (tertiary alicyclic amines) is 1. The van der Waals surface area contributed by atoms with Gasteiger partial charge in [-0.05, 0) is 37.0 Å². The Bertz CT molecular complexity index is 804. The van der Waals surface area contributed by atoms with E-state index < -0.39 is 0 Å². The van der Waals surface area contributed by atoms with Crippen molar-refractivity contribution in [2.24, 2.45) is 5.92 Å². The van der Waals surface area contributed by atoms with E-state index in [1.165, 1.54) is 12.1 Å². The van der Waals surface area contributed by atoms with Crippen molar-refractivity contribution in [2.45, 2.75) is 39.2 Å². The maximum absolute atomic E-state index is 13.4. The Balaban J connectivity index is 2.11. The highest BCUT2D eigenvalue weighted by atomic mass is 19.1. The van der Waals surface area contributed by atoms with Crippen LogP contribution in [0.1, 0.15) is 44.8 Å². The van der Waals surface area contributed by atoms with Crippen LogP contribution in [0.15, 0.2) is 30.5 Å². The molecule has 0 radical (unpaired) electrons. The number of hydrogen-bond acceptors (Lipinski definition) is 4. The lowest BCUT2D eigenvalue weighted by Gasteiger charge is -2.37. The maximum Gasteiger partial charge on any atom is 0.225 e. The fourth-order valence-corrected chi connectivity index (χ4v) is 3.52. The molecule has 144 valence electrons. The highest BCUT2D eigenvalue weighted by molar-refractivity contribution is 5.79. The summed E-state index contributed by atoms with van der Waals surface area (Å²) in [6.45, 7) is 4.60. The van der Waals surface area contributed by atoms with Gasteiger partial charge in [-0.2, -0.15) is 0 Å². The average Bonchev–Trinajstić information content (AvgIpc) is 2.67. The monoisotopic (exact) mass is 370 g/mol. The molecule has 0 bridgehead atoms. The number of carbonyl (C=O) groups excluding carboxylic acids is 1. The van der Waals surface area contributed by atoms with Crippen molar-refractivity contribution in [3.05, 3.63) is 42.0 Å². The van der Waals surface area contributed by atoms with Crippen molar-refractivity contribution >= 4 is 11.9 Å². The third kappa shape index (κ3) is 4.10. The Morgan fingerprint density at radius 1 is 1.22 bits per heavy atom. The van der Waals surface area contributed by atoms with Crippen molar-refractivity contribution in [1.82, 2.24) is 14.9 Å². The minimum atomic E-state index is -0.277. The van der Waals surface area contributed by atoms with Crippen LogP contribution in [0.3, 0.4) is 0 Å². The molecule has 3 rings (SSSR count). The SMILES string of the molecule is CC(C)C(=O)N1CCCC[C@H]1c1nc(N(C)C)ncc1-c1ccc(F)cc1. The Morgan fingerprint density at radius 3 is 2.56 bits per heavy atom. The van der Waals surface area contributed by atoms with Gasteiger partial charge in [0.1, 0.15) is 5.82 Å². The van der Waals surface area contributed by atoms with Crippen molar-refractivity contribution in [2.75, 3.05) is 25.5 Å². The van der Waals surface area contributed by atoms with Crippen LogP contribution >= 0.6 is 0 Å². The van der Waals surface area contributed by atoms with E-state index in [9.17, 15) is 9.18 Å². The van der Waals surface area contributed by atoms with E-state index in [0.717, 1.165) is 42.6 Å². The van der Waals surface area contributed by atoms with Gasteiger partial charge in [-0.1, -0.05) is 26.0 Å². The minimum absolute atomic E-state index is 0.0602. The van der Waals surface area contributed by atoms with Gasteiger partial charge in [-0.3, -0.25) is 4.79 Å². The molecule has 2 heterocycles. The fourth-order valence-electron chi connectivity index (χ4n) is 3.52. The van der Waals surface area contributed by atoms with Crippen LogP contribution < -0.4 is 4.90 Å². The molecule has 27 heavy (non-hydrogen) atoms. The highest BCUT2D eigenvalue weighted by Crippen LogP contribution is 2.37. The zero-order valence-corrected chi connectivity index (χ0v) is 16.4. The molecule has 1 fully saturated rings. The topological polar surface area (TPSA) is 49.3 Å². The number of carbonyl (C=O) groups is 1. The van der Waals surface area contributed by atoms with Crippen molar-refractivity contribution in [3.8, 4) is 11.1 Å². The third-order valence-electron chi connectivity index (χ3n) is 4.96. The van der Waals surface area contributed by atoms with E-state index in [2.05, 4.69) is 4.98 Å². The average molecular weight is 370 g/mol. The second-order valence-electron chi connectivity index (χ2n) is 7.57. The number of rotatable bonds is 4. The van der Waals surface area contributed by atoms with Crippen LogP contribution in [0.5, 0.6) is 0 Å². The second kappa shape index (κ2) is 8.03. The van der Waals surface area contributed by atoms with E-state index >= 15 is 0 Å². The van der Waals surface area contributed by atoms with E-state index in [-0.39, 0.29) is 23.7 Å². The summed E-state index contributed by atoms with van der Waals surface area (Å²) in [5, 5.41) is 0. The molecule has 0 saturated carbocycles. The van der Waals surface area contributed by atoms with E-state index in [0.29, 0.717) is 5.95 Å². The van der Waals surface area contributed by atoms with Gasteiger partial charge in [0.05, 0.1) is 11.7 Å². The Hall–Kier alpha value is -2.50. The Morgan fingerprint density at radius 2 is 1.93 bits per heavy atom. The number of aromatic nitrogens is 2. The number of halogens is 1. The van der Waals surface area contributed by atoms with E-state index in [4.69, 9.17) is 4.98 Å². The highest BCUT2D eigenvalue weighted by Gasteiger charge is 2.32. The van der Waals surface area contributed by atoms with Gasteiger partial charge in [-0.15, -0.1) is 0 Å². The molecule has 1 amide bonds. The predicted octanol–water partition coefficient (Wildman–Crippen LogP) is 4.06. The van der Waals surface area contributed by atoms with E-state index in [1.807, 2.05) is 37.7 Å². The van der Waals surface area contributed by atoms with Crippen molar-refractivity contribution in [3.63, 3.8) is 0 Å². The van der Waals surface area contributed by atoms with Crippen LogP contribution in [0.2, 0.25) is 0 Å². The zero-order valence-electron chi connectivity index (χ0n) is 16.4. The summed E-state index contributed by atoms with van der Waals surface area (Å²) in [6.07, 6.45) is 4.72. The molecule has 5 nitrogen and oxygen atoms in total. The van der Waals surface area contributed by atoms with Crippen molar-refractivity contribution in [1.29, 1.82) is 0 Å². The molecule has 1 aliphatic heterocycles. The first-order chi connectivity index (χ1) is 12.9. The molecule has 1 atom stereocenters. The molecule has 1 aromatic heterocycles. The molecule has 2 aromatic rings. The summed E-state index contributed by atoms with van der Waals surface area (Å²) in [5.74, 6) is 0.420. The molecule has 6 heteroatoms. The Labute approximate surface area is 160 Å². The van der Waals surface area contributed by atoms with Crippen LogP contribution in [0.25, 0.3) is 11.1 Å². The molecule has 0 unspecified atom stereocenters. The molecular weight excluding hydrogens is 343 g/mol. The summed E-state index contributed by atoms with van der Waals surface area (Å²) in [6, 6.07) is 6.28. The lowest BCUT2D eigenvalue weighted by molar-refractivity contribution is -0.138. The van der Waals surface area contributed by atoms with Gasteiger partial charge in [0, 0.05) is 38.3 Å². The number of nitrogens with zero attached hydrogens (tertiary/aromatic N) is 4. The van der Waals surface area contributed by atoms with Gasteiger partial charge in [0.15, 0.2) is 0 Å². The van der Waals surface area contributed by atoms with Crippen LogP contribution in [-0.2, 0) is 4.79 Å². The summed E-state index contributed by atoms with van der Waals surface area (Å²) >= 11 is 0. The summed E-state index contributed by atoms with van der Waals surface area (Å²) < 4.78 is 13.4. The van der Waals surface area contributed by atoms with Gasteiger partial charge < -0.3 is 9.80 Å². The van der Waals surface area contributed by atoms with Gasteiger partial charge in [0.25, 0.3) is 0 Å². The third-order valence-corrected chi connectivity index (χ3v) is 4.96. The first-order valence-electron chi connectivity index (χ1n) is 9.49. The fraction of sp³-hybridized carbons (Fsp3) is 0.476. The minimum Gasteiger partial charge on any atom is -0.347 e. The maximum atomic E-state index is 13.4. The quantitative estimate of drug-likeness (QED) is 0.814. The standard InChI is InChI=1S/C21H27FN4O/c1-14(2)20(27)26-12-6-5-7-18(26)19-17(13-23-21(24-19)25(3)4)15-8-10-16(22)11-9-15/h8-11,13-14,18H,5-7,12H2,1-4H3/t18-/m0/s1. The number of hydrogen-bond donors (Lipinski definition) is 0. The molecule has 1 saturated heterocycles. The van der Waals surface area contributed by atoms with E-state index in [1.54, 1.807) is 18.3 Å². The van der Waals surface area contributed by atoms with Crippen LogP contribution in [-0.4, -0.2) is 41.4 Å². The lowest BCUT2D eigenvalue weighted by atomic mass is 9.93. The normalized spacial score (nSPS) is 17.3. The smallest absolute Gasteiger partial charge is 0.225 e. The zero-order chi connectivity index (χ0) is 19.6. The van der Waals surface area contributed by atoms with Gasteiger partial charge >= 0.3 is 0 Å². The summed E-state index contributed by atoms with van der Waals surface area (Å²) in [4.78, 5) is 25.9. The van der Waals surface area contributed by atoms with Crippen LogP contribution in [0, 0.1) is 11.7 Å². The van der Waals surface area contributed by atoms with Gasteiger partial charge in [-0.25, -0.2) is 14.4 Å². The molecule has 0 spiro atoms.